The predicted octanol–water partition coefficient (Wildman–Crippen LogP) is 2.39. The first-order valence-electron chi connectivity index (χ1n) is 10.6. The Kier molecular flexibility index (Phi) is 8.67. The van der Waals surface area contributed by atoms with Crippen LogP contribution in [0, 0.1) is 0 Å². The van der Waals surface area contributed by atoms with Gasteiger partial charge in [0, 0.05) is 11.8 Å². The molecule has 12 heteroatoms. The molecule has 0 saturated heterocycles. The van der Waals surface area contributed by atoms with E-state index in [2.05, 4.69) is 10.3 Å². The van der Waals surface area contributed by atoms with Crippen molar-refractivity contribution >= 4 is 45.4 Å². The molecule has 1 heterocycles. The number of carboxylic acid groups (broad SMARTS) is 1. The van der Waals surface area contributed by atoms with E-state index in [1.807, 2.05) is 11.0 Å². The lowest BCUT2D eigenvalue weighted by atomic mass is 9.99. The van der Waals surface area contributed by atoms with Gasteiger partial charge in [0.2, 0.25) is 0 Å². The Morgan fingerprint density at radius 1 is 1.03 bits per heavy atom. The molecule has 2 aromatic carbocycles. The normalized spacial score (nSPS) is 11.9. The maximum atomic E-state index is 13.1. The zero-order valence-electron chi connectivity index (χ0n) is 19.2. The van der Waals surface area contributed by atoms with E-state index in [4.69, 9.17) is 5.73 Å². The predicted molar refractivity (Wildman–Crippen MR) is 137 cm³/mol. The first kappa shape index (κ1) is 26.7. The van der Waals surface area contributed by atoms with Crippen molar-refractivity contribution in [1.29, 1.82) is 0 Å². The van der Waals surface area contributed by atoms with E-state index in [-0.39, 0.29) is 33.8 Å². The number of amides is 2. The summed E-state index contributed by atoms with van der Waals surface area (Å²) in [6.45, 7) is 0. The third kappa shape index (κ3) is 6.40. The lowest BCUT2D eigenvalue weighted by Crippen LogP contribution is -2.41. The number of carboxylic acids is 1. The number of pyridine rings is 1. The van der Waals surface area contributed by atoms with Crippen LogP contribution in [0.1, 0.15) is 27.1 Å². The maximum Gasteiger partial charge on any atom is 0.326 e. The lowest BCUT2D eigenvalue weighted by molar-refractivity contribution is -0.139. The number of benzene rings is 2. The van der Waals surface area contributed by atoms with Gasteiger partial charge in [0.15, 0.2) is 0 Å². The number of carbonyl (C=O) groups is 3. The summed E-state index contributed by atoms with van der Waals surface area (Å²) in [6, 6.07) is 13.9. The number of nitrogens with zero attached hydrogens (tertiary/aromatic N) is 1. The van der Waals surface area contributed by atoms with Crippen molar-refractivity contribution in [1.82, 2.24) is 15.0 Å². The number of hydrogen-bond acceptors (Lipinski definition) is 8. The SMILES string of the molecule is CSCC[C@H](NC(=O)c1ccc(S(=O)(=O)NC(=O)c2cccnc2N)cc1-c1ccccc1)C(=O)O. The number of nitrogens with one attached hydrogen (secondary N) is 2. The van der Waals surface area contributed by atoms with Crippen molar-refractivity contribution in [3.63, 3.8) is 0 Å². The molecule has 188 valence electrons. The minimum atomic E-state index is -4.36. The van der Waals surface area contributed by atoms with Crippen LogP contribution in [0.15, 0.2) is 71.8 Å². The van der Waals surface area contributed by atoms with Gasteiger partial charge in [-0.1, -0.05) is 30.3 Å². The second-order valence-electron chi connectivity index (χ2n) is 7.59. The summed E-state index contributed by atoms with van der Waals surface area (Å²) in [5.74, 6) is -2.40. The molecule has 0 aliphatic rings. The van der Waals surface area contributed by atoms with Crippen LogP contribution in [-0.4, -0.2) is 54.3 Å². The summed E-state index contributed by atoms with van der Waals surface area (Å²) < 4.78 is 28.0. The van der Waals surface area contributed by atoms with Gasteiger partial charge in [-0.15, -0.1) is 0 Å². The standard InChI is InChI=1S/C24H24N4O6S2/c1-35-13-11-20(24(31)32)27-22(29)17-10-9-16(14-19(17)15-6-3-2-4-7-15)36(33,34)28-23(30)18-8-5-12-26-21(18)25/h2-10,12,14,20H,11,13H2,1H3,(H2,25,26)(H,27,29)(H,28,30)(H,31,32)/t20-/m0/s1. The highest BCUT2D eigenvalue weighted by molar-refractivity contribution is 7.98. The summed E-state index contributed by atoms with van der Waals surface area (Å²) >= 11 is 1.45. The van der Waals surface area contributed by atoms with E-state index in [0.29, 0.717) is 11.3 Å². The number of anilines is 1. The Balaban J connectivity index is 1.98. The van der Waals surface area contributed by atoms with Gasteiger partial charge in [0.05, 0.1) is 10.5 Å². The summed E-state index contributed by atoms with van der Waals surface area (Å²) in [5.41, 5.74) is 6.42. The minimum Gasteiger partial charge on any atom is -0.480 e. The van der Waals surface area contributed by atoms with Gasteiger partial charge in [0.1, 0.15) is 11.9 Å². The zero-order chi connectivity index (χ0) is 26.3. The number of thioether (sulfide) groups is 1. The topological polar surface area (TPSA) is 169 Å². The Bertz CT molecular complexity index is 1380. The van der Waals surface area contributed by atoms with Gasteiger partial charge < -0.3 is 16.2 Å². The fourth-order valence-corrected chi connectivity index (χ4v) is 4.78. The van der Waals surface area contributed by atoms with Crippen molar-refractivity contribution in [3.8, 4) is 11.1 Å². The Morgan fingerprint density at radius 3 is 2.39 bits per heavy atom. The molecule has 10 nitrogen and oxygen atoms in total. The molecular weight excluding hydrogens is 504 g/mol. The molecule has 0 fully saturated rings. The number of hydrogen-bond donors (Lipinski definition) is 4. The minimum absolute atomic E-state index is 0.0818. The third-order valence-corrected chi connectivity index (χ3v) is 7.13. The van der Waals surface area contributed by atoms with Crippen molar-refractivity contribution in [2.75, 3.05) is 17.7 Å². The second-order valence-corrected chi connectivity index (χ2v) is 10.3. The van der Waals surface area contributed by atoms with Crippen LogP contribution in [0.4, 0.5) is 5.82 Å². The Hall–Kier alpha value is -3.90. The van der Waals surface area contributed by atoms with E-state index in [1.54, 1.807) is 30.3 Å². The molecule has 3 aromatic rings. The molecule has 0 spiro atoms. The summed E-state index contributed by atoms with van der Waals surface area (Å²) in [7, 11) is -4.36. The molecule has 2 amide bonds. The largest absolute Gasteiger partial charge is 0.480 e. The summed E-state index contributed by atoms with van der Waals surface area (Å²) in [4.78, 5) is 40.7. The van der Waals surface area contributed by atoms with Gasteiger partial charge >= 0.3 is 5.97 Å². The summed E-state index contributed by atoms with van der Waals surface area (Å²) in [6.07, 6.45) is 3.42. The van der Waals surface area contributed by atoms with Gasteiger partial charge in [-0.05, 0) is 59.9 Å². The van der Waals surface area contributed by atoms with Crippen LogP contribution in [0.25, 0.3) is 11.1 Å². The van der Waals surface area contributed by atoms with Gasteiger partial charge in [-0.25, -0.2) is 22.9 Å². The average molecular weight is 529 g/mol. The molecule has 0 unspecified atom stereocenters. The van der Waals surface area contributed by atoms with Gasteiger partial charge in [-0.2, -0.15) is 11.8 Å². The smallest absolute Gasteiger partial charge is 0.326 e. The summed E-state index contributed by atoms with van der Waals surface area (Å²) in [5, 5.41) is 12.0. The Morgan fingerprint density at radius 2 is 1.75 bits per heavy atom. The highest BCUT2D eigenvalue weighted by Gasteiger charge is 2.25. The number of carbonyl (C=O) groups excluding carboxylic acids is 2. The monoisotopic (exact) mass is 528 g/mol. The molecule has 5 N–H and O–H groups in total. The molecule has 1 aromatic heterocycles. The number of rotatable bonds is 10. The van der Waals surface area contributed by atoms with Crippen LogP contribution < -0.4 is 15.8 Å². The molecular formula is C24H24N4O6S2. The first-order chi connectivity index (χ1) is 17.1. The zero-order valence-corrected chi connectivity index (χ0v) is 20.8. The van der Waals surface area contributed by atoms with Gasteiger partial charge in [-0.3, -0.25) is 9.59 Å². The average Bonchev–Trinajstić information content (AvgIpc) is 2.86. The highest BCUT2D eigenvalue weighted by Crippen LogP contribution is 2.27. The lowest BCUT2D eigenvalue weighted by Gasteiger charge is -2.17. The molecule has 0 bridgehead atoms. The fraction of sp³-hybridized carbons (Fsp3) is 0.167. The fourth-order valence-electron chi connectivity index (χ4n) is 3.32. The number of nitrogens with two attached hydrogens (primary N) is 1. The molecule has 3 rings (SSSR count). The van der Waals surface area contributed by atoms with Crippen molar-refractivity contribution in [3.05, 3.63) is 78.0 Å². The number of aromatic nitrogens is 1. The molecule has 0 radical (unpaired) electrons. The first-order valence-corrected chi connectivity index (χ1v) is 13.5. The Labute approximate surface area is 212 Å². The van der Waals surface area contributed by atoms with E-state index >= 15 is 0 Å². The second kappa shape index (κ2) is 11.7. The van der Waals surface area contributed by atoms with Crippen molar-refractivity contribution in [2.24, 2.45) is 0 Å². The van der Waals surface area contributed by atoms with E-state index in [0.717, 1.165) is 0 Å². The number of sulfonamides is 1. The molecule has 0 saturated carbocycles. The van der Waals surface area contributed by atoms with E-state index in [1.165, 1.54) is 48.3 Å². The van der Waals surface area contributed by atoms with Crippen LogP contribution in [0.2, 0.25) is 0 Å². The van der Waals surface area contributed by atoms with Crippen LogP contribution in [0.5, 0.6) is 0 Å². The van der Waals surface area contributed by atoms with Crippen LogP contribution in [-0.2, 0) is 14.8 Å². The van der Waals surface area contributed by atoms with Gasteiger partial charge in [0.25, 0.3) is 21.8 Å². The molecule has 0 aliphatic carbocycles. The van der Waals surface area contributed by atoms with E-state index in [9.17, 15) is 27.9 Å². The highest BCUT2D eigenvalue weighted by atomic mass is 32.2. The molecule has 1 atom stereocenters. The quantitative estimate of drug-likeness (QED) is 0.309. The van der Waals surface area contributed by atoms with Crippen molar-refractivity contribution in [2.45, 2.75) is 17.4 Å². The maximum absolute atomic E-state index is 13.1. The number of aliphatic carboxylic acids is 1. The van der Waals surface area contributed by atoms with E-state index < -0.39 is 33.8 Å². The third-order valence-electron chi connectivity index (χ3n) is 5.16. The molecule has 36 heavy (non-hydrogen) atoms. The van der Waals surface area contributed by atoms with Crippen molar-refractivity contribution < 1.29 is 27.9 Å². The van der Waals surface area contributed by atoms with Crippen LogP contribution in [0.3, 0.4) is 0 Å². The number of nitrogen functional groups attached to an aromatic ring is 1. The van der Waals surface area contributed by atoms with Crippen LogP contribution >= 0.6 is 11.8 Å². The molecule has 0 aliphatic heterocycles.